The van der Waals surface area contributed by atoms with Crippen molar-refractivity contribution in [3.8, 4) is 11.3 Å². The number of fused-ring (bicyclic) bond motifs is 3. The molecule has 0 fully saturated rings. The maximum atomic E-state index is 4.24. The van der Waals surface area contributed by atoms with E-state index in [1.54, 1.807) is 0 Å². The summed E-state index contributed by atoms with van der Waals surface area (Å²) in [5.74, 6) is 0. The van der Waals surface area contributed by atoms with Gasteiger partial charge in [0.15, 0.2) is 0 Å². The minimum absolute atomic E-state index is 1.04. The summed E-state index contributed by atoms with van der Waals surface area (Å²) in [5.41, 5.74) is 5.37. The maximum Gasteiger partial charge on any atom is 0.0851 e. The molecule has 0 saturated carbocycles. The molecule has 3 rings (SSSR count). The quantitative estimate of drug-likeness (QED) is 0.580. The van der Waals surface area contributed by atoms with E-state index in [1.807, 2.05) is 9.09 Å². The molecule has 13 heavy (non-hydrogen) atoms. The fourth-order valence-electron chi connectivity index (χ4n) is 1.87. The van der Waals surface area contributed by atoms with Crippen molar-refractivity contribution in [2.75, 3.05) is 0 Å². The Kier molecular flexibility index (Phi) is 1.49. The highest BCUT2D eigenvalue weighted by Crippen LogP contribution is 2.36. The van der Waals surface area contributed by atoms with Crippen LogP contribution in [0, 0.1) is 0 Å². The third kappa shape index (κ3) is 0.964. The van der Waals surface area contributed by atoms with Crippen LogP contribution in [-0.2, 0) is 6.42 Å². The first-order valence-electron chi connectivity index (χ1n) is 4.17. The Morgan fingerprint density at radius 1 is 1.23 bits per heavy atom. The van der Waals surface area contributed by atoms with E-state index < -0.39 is 0 Å². The third-order valence-electron chi connectivity index (χ3n) is 2.46. The Hall–Kier alpha value is -0.840. The smallest absolute Gasteiger partial charge is 0.0851 e. The molecule has 0 saturated heterocycles. The zero-order valence-corrected chi connectivity index (χ0v) is 9.02. The van der Waals surface area contributed by atoms with E-state index in [0.717, 1.165) is 6.42 Å². The van der Waals surface area contributed by atoms with Crippen LogP contribution in [-0.4, -0.2) is 7.99 Å². The monoisotopic (exact) mass is 282 g/mol. The molecule has 1 heterocycles. The standard InChI is InChI=1S/C10H7IN2/c11-13-10-8(6-12-13)5-7-3-1-2-4-9(7)10/h1-4,6H,5H2. The number of nitrogens with zero attached hydrogens (tertiary/aromatic N) is 2. The van der Waals surface area contributed by atoms with Crippen LogP contribution in [0.3, 0.4) is 0 Å². The van der Waals surface area contributed by atoms with Crippen LogP contribution < -0.4 is 0 Å². The summed E-state index contributed by atoms with van der Waals surface area (Å²) < 4.78 is 1.93. The van der Waals surface area contributed by atoms with Gasteiger partial charge in [0.25, 0.3) is 0 Å². The Labute approximate surface area is 90.1 Å². The lowest BCUT2D eigenvalue weighted by Crippen LogP contribution is -1.85. The van der Waals surface area contributed by atoms with Crippen molar-refractivity contribution in [3.05, 3.63) is 41.6 Å². The molecule has 3 heteroatoms. The predicted octanol–water partition coefficient (Wildman–Crippen LogP) is 2.65. The zero-order valence-electron chi connectivity index (χ0n) is 6.87. The van der Waals surface area contributed by atoms with E-state index in [4.69, 9.17) is 0 Å². The summed E-state index contributed by atoms with van der Waals surface area (Å²) in [7, 11) is 0. The van der Waals surface area contributed by atoms with E-state index >= 15 is 0 Å². The molecule has 0 aliphatic heterocycles. The van der Waals surface area contributed by atoms with Crippen LogP contribution in [0.1, 0.15) is 11.1 Å². The van der Waals surface area contributed by atoms with Gasteiger partial charge in [-0.1, -0.05) is 24.3 Å². The molecule has 2 nitrogen and oxygen atoms in total. The summed E-state index contributed by atoms with van der Waals surface area (Å²) in [6.07, 6.45) is 3.00. The van der Waals surface area contributed by atoms with Crippen LogP contribution in [0.4, 0.5) is 0 Å². The molecule has 1 aromatic carbocycles. The van der Waals surface area contributed by atoms with Crippen LogP contribution in [0.2, 0.25) is 0 Å². The molecular formula is C10H7IN2. The van der Waals surface area contributed by atoms with Crippen molar-refractivity contribution in [2.45, 2.75) is 6.42 Å². The lowest BCUT2D eigenvalue weighted by atomic mass is 10.1. The average Bonchev–Trinajstić information content (AvgIpc) is 2.66. The number of hydrogen-bond acceptors (Lipinski definition) is 1. The minimum Gasteiger partial charge on any atom is -0.203 e. The van der Waals surface area contributed by atoms with Crippen molar-refractivity contribution in [1.29, 1.82) is 0 Å². The van der Waals surface area contributed by atoms with Gasteiger partial charge in [-0.3, -0.25) is 0 Å². The molecule has 64 valence electrons. The fraction of sp³-hybridized carbons (Fsp3) is 0.100. The van der Waals surface area contributed by atoms with Gasteiger partial charge < -0.3 is 0 Å². The topological polar surface area (TPSA) is 17.8 Å². The van der Waals surface area contributed by atoms with Crippen LogP contribution in [0.15, 0.2) is 30.5 Å². The van der Waals surface area contributed by atoms with E-state index in [0.29, 0.717) is 0 Å². The molecule has 0 spiro atoms. The summed E-state index contributed by atoms with van der Waals surface area (Å²) in [6.45, 7) is 0. The normalized spacial score (nSPS) is 12.7. The van der Waals surface area contributed by atoms with E-state index in [1.165, 1.54) is 22.4 Å². The van der Waals surface area contributed by atoms with Gasteiger partial charge in [-0.25, -0.2) is 2.90 Å². The SMILES string of the molecule is In1ncc2c1-c1ccccc1C2. The van der Waals surface area contributed by atoms with Gasteiger partial charge in [0.05, 0.1) is 34.8 Å². The second kappa shape index (κ2) is 2.57. The second-order valence-electron chi connectivity index (χ2n) is 3.21. The summed E-state index contributed by atoms with van der Waals surface area (Å²) in [6, 6.07) is 8.53. The van der Waals surface area contributed by atoms with Crippen molar-refractivity contribution in [3.63, 3.8) is 0 Å². The molecule has 0 N–H and O–H groups in total. The highest BCUT2D eigenvalue weighted by molar-refractivity contribution is 14.1. The van der Waals surface area contributed by atoms with Gasteiger partial charge in [-0.05, 0) is 5.56 Å². The average molecular weight is 282 g/mol. The first-order valence-corrected chi connectivity index (χ1v) is 5.14. The Morgan fingerprint density at radius 2 is 2.08 bits per heavy atom. The summed E-state index contributed by atoms with van der Waals surface area (Å²) >= 11 is 2.22. The van der Waals surface area contributed by atoms with Crippen LogP contribution in [0.25, 0.3) is 11.3 Å². The Bertz CT molecular complexity index is 474. The van der Waals surface area contributed by atoms with Crippen molar-refractivity contribution in [2.24, 2.45) is 0 Å². The first kappa shape index (κ1) is 7.55. The van der Waals surface area contributed by atoms with Crippen molar-refractivity contribution < 1.29 is 0 Å². The molecule has 0 bridgehead atoms. The molecular weight excluding hydrogens is 275 g/mol. The van der Waals surface area contributed by atoms with Gasteiger partial charge in [-0.2, -0.15) is 5.10 Å². The number of benzene rings is 1. The largest absolute Gasteiger partial charge is 0.203 e. The van der Waals surface area contributed by atoms with Gasteiger partial charge in [-0.15, -0.1) is 0 Å². The molecule has 1 aliphatic carbocycles. The van der Waals surface area contributed by atoms with Crippen LogP contribution >= 0.6 is 22.9 Å². The Morgan fingerprint density at radius 3 is 3.00 bits per heavy atom. The fourth-order valence-corrected chi connectivity index (χ4v) is 2.56. The molecule has 0 amide bonds. The number of aromatic nitrogens is 2. The third-order valence-corrected chi connectivity index (χ3v) is 3.19. The highest BCUT2D eigenvalue weighted by atomic mass is 127. The van der Waals surface area contributed by atoms with E-state index in [9.17, 15) is 0 Å². The molecule has 1 aliphatic rings. The van der Waals surface area contributed by atoms with Gasteiger partial charge >= 0.3 is 0 Å². The molecule has 0 radical (unpaired) electrons. The highest BCUT2D eigenvalue weighted by Gasteiger charge is 2.21. The lowest BCUT2D eigenvalue weighted by Gasteiger charge is -1.98. The van der Waals surface area contributed by atoms with Crippen molar-refractivity contribution in [1.82, 2.24) is 7.99 Å². The molecule has 1 aromatic heterocycles. The number of hydrogen-bond donors (Lipinski definition) is 0. The van der Waals surface area contributed by atoms with Gasteiger partial charge in [0.1, 0.15) is 0 Å². The van der Waals surface area contributed by atoms with Gasteiger partial charge in [0.2, 0.25) is 0 Å². The molecule has 0 atom stereocenters. The second-order valence-corrected chi connectivity index (χ2v) is 4.13. The van der Waals surface area contributed by atoms with Crippen LogP contribution in [0.5, 0.6) is 0 Å². The lowest BCUT2D eigenvalue weighted by molar-refractivity contribution is 1.06. The number of halogens is 1. The number of rotatable bonds is 0. The minimum atomic E-state index is 1.04. The van der Waals surface area contributed by atoms with Gasteiger partial charge in [0, 0.05) is 17.5 Å². The predicted molar refractivity (Wildman–Crippen MR) is 59.9 cm³/mol. The van der Waals surface area contributed by atoms with Crippen molar-refractivity contribution >= 4 is 22.9 Å². The van der Waals surface area contributed by atoms with E-state index in [-0.39, 0.29) is 0 Å². The summed E-state index contributed by atoms with van der Waals surface area (Å²) in [4.78, 5) is 0. The Balaban J connectivity index is 2.35. The maximum absolute atomic E-state index is 4.24. The summed E-state index contributed by atoms with van der Waals surface area (Å²) in [5, 5.41) is 4.24. The van der Waals surface area contributed by atoms with E-state index in [2.05, 4.69) is 52.2 Å². The molecule has 2 aromatic rings. The molecule has 0 unspecified atom stereocenters. The first-order chi connectivity index (χ1) is 6.36. The zero-order chi connectivity index (χ0) is 8.84.